The molecular weight excluding hydrogens is 486 g/mol. The second-order valence-electron chi connectivity index (χ2n) is 8.02. The summed E-state index contributed by atoms with van der Waals surface area (Å²) in [6, 6.07) is 11.2. The number of ketones is 1. The molecular formula is C26H26ClN3O4S. The zero-order chi connectivity index (χ0) is 24.9. The summed E-state index contributed by atoms with van der Waals surface area (Å²) in [5, 5.41) is 5.32. The summed E-state index contributed by atoms with van der Waals surface area (Å²) in [5.41, 5.74) is 3.52. The van der Waals surface area contributed by atoms with Crippen molar-refractivity contribution < 1.29 is 19.1 Å². The topological polar surface area (TPSA) is 82.9 Å². The normalized spacial score (nSPS) is 16.2. The van der Waals surface area contributed by atoms with Gasteiger partial charge in [-0.15, -0.1) is 0 Å². The number of hydrogen-bond donors (Lipinski definition) is 0. The van der Waals surface area contributed by atoms with E-state index in [0.29, 0.717) is 47.1 Å². The first kappa shape index (κ1) is 25.0. The Morgan fingerprint density at radius 2 is 2.03 bits per heavy atom. The molecule has 0 N–H and O–H groups in total. The molecule has 4 rings (SSSR count). The van der Waals surface area contributed by atoms with Crippen molar-refractivity contribution in [3.05, 3.63) is 58.9 Å². The van der Waals surface area contributed by atoms with Crippen LogP contribution in [0.25, 0.3) is 16.6 Å². The lowest BCUT2D eigenvalue weighted by Crippen LogP contribution is -2.14. The monoisotopic (exact) mass is 511 g/mol. The molecule has 0 aliphatic heterocycles. The predicted molar refractivity (Wildman–Crippen MR) is 138 cm³/mol. The maximum atomic E-state index is 13.5. The molecule has 0 amide bonds. The number of allylic oxidation sites excluding steroid dienone is 2. The van der Waals surface area contributed by atoms with E-state index >= 15 is 0 Å². The summed E-state index contributed by atoms with van der Waals surface area (Å²) in [5.74, 6) is 1.04. The molecule has 1 aliphatic carbocycles. The molecule has 9 heteroatoms. The molecule has 7 nitrogen and oxygen atoms in total. The number of benzene rings is 2. The van der Waals surface area contributed by atoms with Crippen LogP contribution in [-0.2, 0) is 14.4 Å². The number of ether oxygens (including phenoxy) is 2. The van der Waals surface area contributed by atoms with Crippen LogP contribution in [0.4, 0.5) is 0 Å². The van der Waals surface area contributed by atoms with E-state index in [4.69, 9.17) is 25.9 Å². The summed E-state index contributed by atoms with van der Waals surface area (Å²) in [4.78, 5) is 28.4. The number of halogens is 1. The van der Waals surface area contributed by atoms with E-state index in [1.54, 1.807) is 25.4 Å². The first-order valence-electron chi connectivity index (χ1n) is 11.2. The quantitative estimate of drug-likeness (QED) is 0.250. The summed E-state index contributed by atoms with van der Waals surface area (Å²) < 4.78 is 11.5. The fourth-order valence-corrected chi connectivity index (χ4v) is 5.12. The summed E-state index contributed by atoms with van der Waals surface area (Å²) >= 11 is 7.52. The second-order valence-corrected chi connectivity index (χ2v) is 9.55. The standard InChI is InChI=1S/C26H26ClN3O4S/c1-5-34-23-11-16(10-15(2)30-33-4)26(31)25(23)19-13-18(7-9-22(19)32-3)35-24-14-28-21-12-17(27)6-8-20(21)29-24/h6-9,12-14,16H,5,10-11H2,1-4H3. The van der Waals surface area contributed by atoms with Crippen LogP contribution in [0.3, 0.4) is 0 Å². The van der Waals surface area contributed by atoms with Crippen molar-refractivity contribution in [2.24, 2.45) is 11.1 Å². The van der Waals surface area contributed by atoms with Crippen LogP contribution in [0.15, 0.2) is 63.4 Å². The fraction of sp³-hybridized carbons (Fsp3) is 0.308. The molecule has 182 valence electrons. The summed E-state index contributed by atoms with van der Waals surface area (Å²) in [6.45, 7) is 4.23. The van der Waals surface area contributed by atoms with Crippen molar-refractivity contribution in [1.29, 1.82) is 0 Å². The highest BCUT2D eigenvalue weighted by molar-refractivity contribution is 7.99. The van der Waals surface area contributed by atoms with Crippen molar-refractivity contribution in [1.82, 2.24) is 9.97 Å². The third kappa shape index (κ3) is 5.60. The van der Waals surface area contributed by atoms with Crippen LogP contribution < -0.4 is 4.74 Å². The van der Waals surface area contributed by atoms with E-state index in [1.807, 2.05) is 38.1 Å². The Bertz CT molecular complexity index is 1330. The van der Waals surface area contributed by atoms with Gasteiger partial charge in [-0.25, -0.2) is 4.98 Å². The number of Topliss-reactive ketones (excluding diaryl/α,β-unsaturated/α-hetero) is 1. The van der Waals surface area contributed by atoms with Gasteiger partial charge >= 0.3 is 0 Å². The maximum Gasteiger partial charge on any atom is 0.170 e. The summed E-state index contributed by atoms with van der Waals surface area (Å²) in [7, 11) is 3.09. The Morgan fingerprint density at radius 3 is 2.77 bits per heavy atom. The predicted octanol–water partition coefficient (Wildman–Crippen LogP) is 6.19. The Labute approximate surface area is 213 Å². The number of carbonyl (C=O) groups excluding carboxylic acids is 1. The molecule has 1 heterocycles. The van der Waals surface area contributed by atoms with E-state index in [-0.39, 0.29) is 11.7 Å². The third-order valence-electron chi connectivity index (χ3n) is 5.58. The highest BCUT2D eigenvalue weighted by atomic mass is 35.5. The zero-order valence-corrected chi connectivity index (χ0v) is 21.6. The van der Waals surface area contributed by atoms with Gasteiger partial charge in [-0.3, -0.25) is 9.78 Å². The molecule has 0 saturated heterocycles. The van der Waals surface area contributed by atoms with Crippen LogP contribution in [0.1, 0.15) is 32.3 Å². The molecule has 1 aliphatic rings. The summed E-state index contributed by atoms with van der Waals surface area (Å²) in [6.07, 6.45) is 2.73. The number of hydrogen-bond acceptors (Lipinski definition) is 8. The average Bonchev–Trinajstić information content (AvgIpc) is 3.13. The molecule has 0 saturated carbocycles. The van der Waals surface area contributed by atoms with Gasteiger partial charge in [0.25, 0.3) is 0 Å². The van der Waals surface area contributed by atoms with Crippen LogP contribution in [0.2, 0.25) is 5.02 Å². The van der Waals surface area contributed by atoms with Gasteiger partial charge in [0.1, 0.15) is 23.6 Å². The fourth-order valence-electron chi connectivity index (χ4n) is 4.15. The molecule has 2 aromatic carbocycles. The SMILES string of the molecule is CCOC1=C(c2cc(Sc3cnc4cc(Cl)ccc4n3)ccc2OC)C(=O)C(CC(C)=NOC)C1. The van der Waals surface area contributed by atoms with Gasteiger partial charge in [-0.2, -0.15) is 0 Å². The van der Waals surface area contributed by atoms with E-state index < -0.39 is 0 Å². The van der Waals surface area contributed by atoms with Gasteiger partial charge in [0.05, 0.1) is 42.2 Å². The molecule has 0 bridgehead atoms. The van der Waals surface area contributed by atoms with Crippen molar-refractivity contribution in [2.45, 2.75) is 36.6 Å². The van der Waals surface area contributed by atoms with Gasteiger partial charge in [-0.1, -0.05) is 28.5 Å². The van der Waals surface area contributed by atoms with E-state index in [1.165, 1.54) is 18.9 Å². The van der Waals surface area contributed by atoms with E-state index in [9.17, 15) is 4.79 Å². The Morgan fingerprint density at radius 1 is 1.20 bits per heavy atom. The zero-order valence-electron chi connectivity index (χ0n) is 20.0. The average molecular weight is 512 g/mol. The van der Waals surface area contributed by atoms with Crippen LogP contribution in [0, 0.1) is 5.92 Å². The largest absolute Gasteiger partial charge is 0.497 e. The lowest BCUT2D eigenvalue weighted by atomic mass is 9.94. The minimum atomic E-state index is -0.260. The first-order valence-corrected chi connectivity index (χ1v) is 12.4. The lowest BCUT2D eigenvalue weighted by molar-refractivity contribution is -0.116. The minimum absolute atomic E-state index is 0.0157. The molecule has 1 atom stereocenters. The molecule has 1 unspecified atom stereocenters. The van der Waals surface area contributed by atoms with Gasteiger partial charge in [0.2, 0.25) is 0 Å². The van der Waals surface area contributed by atoms with Gasteiger partial charge < -0.3 is 14.3 Å². The van der Waals surface area contributed by atoms with Crippen molar-refractivity contribution in [2.75, 3.05) is 20.8 Å². The Balaban J connectivity index is 1.68. The number of carbonyl (C=O) groups is 1. The molecule has 35 heavy (non-hydrogen) atoms. The molecule has 0 fully saturated rings. The first-order chi connectivity index (χ1) is 16.9. The van der Waals surface area contributed by atoms with Crippen LogP contribution in [-0.4, -0.2) is 42.3 Å². The molecule has 0 spiro atoms. The van der Waals surface area contributed by atoms with E-state index in [0.717, 1.165) is 26.7 Å². The number of oxime groups is 1. The maximum absolute atomic E-state index is 13.5. The van der Waals surface area contributed by atoms with Gasteiger partial charge in [0, 0.05) is 27.8 Å². The van der Waals surface area contributed by atoms with Crippen LogP contribution >= 0.6 is 23.4 Å². The van der Waals surface area contributed by atoms with Gasteiger partial charge in [-0.05, 0) is 56.7 Å². The lowest BCUT2D eigenvalue weighted by Gasteiger charge is -2.13. The van der Waals surface area contributed by atoms with E-state index in [2.05, 4.69) is 15.1 Å². The smallest absolute Gasteiger partial charge is 0.170 e. The molecule has 3 aromatic rings. The molecule has 1 aromatic heterocycles. The molecule has 0 radical (unpaired) electrons. The highest BCUT2D eigenvalue weighted by Gasteiger charge is 2.37. The number of aromatic nitrogens is 2. The van der Waals surface area contributed by atoms with Crippen molar-refractivity contribution in [3.63, 3.8) is 0 Å². The van der Waals surface area contributed by atoms with Crippen molar-refractivity contribution >= 4 is 51.5 Å². The number of methoxy groups -OCH3 is 1. The Hall–Kier alpha value is -3.10. The van der Waals surface area contributed by atoms with Crippen molar-refractivity contribution in [3.8, 4) is 5.75 Å². The van der Waals surface area contributed by atoms with Gasteiger partial charge in [0.15, 0.2) is 5.78 Å². The number of rotatable bonds is 9. The highest BCUT2D eigenvalue weighted by Crippen LogP contribution is 2.42. The van der Waals surface area contributed by atoms with Crippen LogP contribution in [0.5, 0.6) is 5.75 Å². The second kappa shape index (κ2) is 11.1. The number of nitrogens with zero attached hydrogens (tertiary/aromatic N) is 3. The Kier molecular flexibility index (Phi) is 7.93. The number of fused-ring (bicyclic) bond motifs is 1. The third-order valence-corrected chi connectivity index (χ3v) is 6.71. The minimum Gasteiger partial charge on any atom is -0.497 e.